The summed E-state index contributed by atoms with van der Waals surface area (Å²) < 4.78 is 26.8. The van der Waals surface area contributed by atoms with E-state index in [9.17, 15) is 18.0 Å². The molecule has 0 aliphatic rings. The number of hydrogen-bond acceptors (Lipinski definition) is 6. The highest BCUT2D eigenvalue weighted by Crippen LogP contribution is 2.22. The highest BCUT2D eigenvalue weighted by atomic mass is 35.5. The molecule has 2 rings (SSSR count). The molecule has 1 heterocycles. The van der Waals surface area contributed by atoms with Crippen molar-refractivity contribution in [3.05, 3.63) is 50.9 Å². The van der Waals surface area contributed by atoms with Crippen LogP contribution in [0.25, 0.3) is 0 Å². The third-order valence-electron chi connectivity index (χ3n) is 4.01. The van der Waals surface area contributed by atoms with E-state index in [-0.39, 0.29) is 27.7 Å². The first-order valence-electron chi connectivity index (χ1n) is 8.29. The molecule has 0 radical (unpaired) electrons. The van der Waals surface area contributed by atoms with Crippen LogP contribution < -0.4 is 16.6 Å². The molecule has 0 bridgehead atoms. The largest absolute Gasteiger partial charge is 0.324 e. The number of nitrogens with one attached hydrogen (secondary N) is 1. The zero-order chi connectivity index (χ0) is 21.2. The number of carbonyl (C=O) groups excluding carboxylic acids is 1. The summed E-state index contributed by atoms with van der Waals surface area (Å²) in [6, 6.07) is 3.92. The molecule has 2 aromatic rings. The third kappa shape index (κ3) is 4.58. The summed E-state index contributed by atoms with van der Waals surface area (Å²) in [5.41, 5.74) is 6.18. The Bertz CT molecular complexity index is 1060. The van der Waals surface area contributed by atoms with E-state index in [1.807, 2.05) is 0 Å². The average Bonchev–Trinajstić information content (AvgIpc) is 2.58. The van der Waals surface area contributed by atoms with Gasteiger partial charge in [0, 0.05) is 25.8 Å². The Morgan fingerprint density at radius 3 is 2.61 bits per heavy atom. The van der Waals surface area contributed by atoms with Crippen LogP contribution in [0.4, 0.5) is 5.69 Å². The number of aryl methyl sites for hydroxylation is 1. The van der Waals surface area contributed by atoms with Gasteiger partial charge in [0.15, 0.2) is 0 Å². The predicted molar refractivity (Wildman–Crippen MR) is 107 cm³/mol. The number of anilines is 1. The van der Waals surface area contributed by atoms with Gasteiger partial charge in [-0.2, -0.15) is 5.10 Å². The van der Waals surface area contributed by atoms with Crippen molar-refractivity contribution in [3.63, 3.8) is 0 Å². The fraction of sp³-hybridized carbons (Fsp3) is 0.353. The molecule has 152 valence electrons. The van der Waals surface area contributed by atoms with Crippen LogP contribution in [0.5, 0.6) is 0 Å². The van der Waals surface area contributed by atoms with Gasteiger partial charge in [0.1, 0.15) is 6.54 Å². The minimum atomic E-state index is -3.67. The van der Waals surface area contributed by atoms with Gasteiger partial charge < -0.3 is 11.1 Å². The highest BCUT2D eigenvalue weighted by Gasteiger charge is 2.21. The summed E-state index contributed by atoms with van der Waals surface area (Å²) in [7, 11) is -0.815. The van der Waals surface area contributed by atoms with Gasteiger partial charge in [-0.25, -0.2) is 17.4 Å². The van der Waals surface area contributed by atoms with Crippen LogP contribution >= 0.6 is 11.6 Å². The molecule has 1 aromatic carbocycles. The smallest absolute Gasteiger partial charge is 0.273 e. The highest BCUT2D eigenvalue weighted by molar-refractivity contribution is 7.89. The molecule has 0 aliphatic carbocycles. The maximum atomic E-state index is 12.4. The Morgan fingerprint density at radius 1 is 1.39 bits per heavy atom. The van der Waals surface area contributed by atoms with Gasteiger partial charge in [0.2, 0.25) is 15.9 Å². The number of rotatable bonds is 6. The van der Waals surface area contributed by atoms with E-state index >= 15 is 0 Å². The van der Waals surface area contributed by atoms with E-state index in [1.54, 1.807) is 26.0 Å². The number of nitrogens with two attached hydrogens (primary N) is 1. The quantitative estimate of drug-likeness (QED) is 0.710. The molecular formula is C17H22ClN5O4S. The average molecular weight is 428 g/mol. The first-order valence-corrected chi connectivity index (χ1v) is 10.1. The fourth-order valence-corrected chi connectivity index (χ4v) is 3.94. The summed E-state index contributed by atoms with van der Waals surface area (Å²) in [5, 5.41) is 6.56. The van der Waals surface area contributed by atoms with E-state index < -0.39 is 27.5 Å². The number of aromatic nitrogens is 2. The number of nitrogens with zero attached hydrogens (tertiary/aromatic N) is 3. The van der Waals surface area contributed by atoms with E-state index in [2.05, 4.69) is 10.4 Å². The topological polar surface area (TPSA) is 127 Å². The fourth-order valence-electron chi connectivity index (χ4n) is 2.50. The van der Waals surface area contributed by atoms with Gasteiger partial charge in [-0.3, -0.25) is 9.59 Å². The molecule has 1 unspecified atom stereocenters. The Kier molecular flexibility index (Phi) is 6.60. The van der Waals surface area contributed by atoms with Gasteiger partial charge in [0.25, 0.3) is 5.56 Å². The Balaban J connectivity index is 2.28. The van der Waals surface area contributed by atoms with Crippen LogP contribution in [0, 0.1) is 6.92 Å². The Hall–Kier alpha value is -2.27. The van der Waals surface area contributed by atoms with Crippen LogP contribution in [0.2, 0.25) is 5.02 Å². The first kappa shape index (κ1) is 22.0. The zero-order valence-electron chi connectivity index (χ0n) is 15.9. The second-order valence-corrected chi connectivity index (χ2v) is 9.00. The lowest BCUT2D eigenvalue weighted by Crippen LogP contribution is -2.33. The lowest BCUT2D eigenvalue weighted by atomic mass is 10.2. The molecule has 0 saturated heterocycles. The van der Waals surface area contributed by atoms with Crippen molar-refractivity contribution in [2.24, 2.45) is 5.73 Å². The van der Waals surface area contributed by atoms with E-state index in [0.717, 1.165) is 8.99 Å². The summed E-state index contributed by atoms with van der Waals surface area (Å²) in [4.78, 5) is 24.8. The molecule has 28 heavy (non-hydrogen) atoms. The van der Waals surface area contributed by atoms with Crippen molar-refractivity contribution in [2.45, 2.75) is 31.3 Å². The van der Waals surface area contributed by atoms with Crippen LogP contribution in [0.1, 0.15) is 24.1 Å². The number of halogens is 1. The van der Waals surface area contributed by atoms with E-state index in [0.29, 0.717) is 5.56 Å². The molecule has 0 spiro atoms. The van der Waals surface area contributed by atoms with Crippen LogP contribution in [-0.4, -0.2) is 42.5 Å². The molecular weight excluding hydrogens is 406 g/mol. The molecule has 1 amide bonds. The van der Waals surface area contributed by atoms with Gasteiger partial charge >= 0.3 is 0 Å². The van der Waals surface area contributed by atoms with Crippen molar-refractivity contribution in [3.8, 4) is 0 Å². The number of hydrogen-bond donors (Lipinski definition) is 2. The van der Waals surface area contributed by atoms with Crippen molar-refractivity contribution >= 4 is 33.2 Å². The van der Waals surface area contributed by atoms with Gasteiger partial charge in [-0.1, -0.05) is 17.7 Å². The van der Waals surface area contributed by atoms with Gasteiger partial charge in [-0.05, 0) is 31.5 Å². The lowest BCUT2D eigenvalue weighted by Gasteiger charge is -2.15. The minimum absolute atomic E-state index is 0.0799. The van der Waals surface area contributed by atoms with Crippen molar-refractivity contribution < 1.29 is 13.2 Å². The molecule has 1 atom stereocenters. The summed E-state index contributed by atoms with van der Waals surface area (Å²) >= 11 is 5.95. The van der Waals surface area contributed by atoms with Crippen molar-refractivity contribution in [1.29, 1.82) is 0 Å². The van der Waals surface area contributed by atoms with Crippen molar-refractivity contribution in [2.75, 3.05) is 19.4 Å². The minimum Gasteiger partial charge on any atom is -0.324 e. The summed E-state index contributed by atoms with van der Waals surface area (Å²) in [6.07, 6.45) is 1.25. The van der Waals surface area contributed by atoms with E-state index in [1.165, 1.54) is 26.4 Å². The molecule has 0 aliphatic heterocycles. The van der Waals surface area contributed by atoms with Crippen LogP contribution in [-0.2, 0) is 21.4 Å². The number of benzene rings is 1. The second-order valence-electron chi connectivity index (χ2n) is 6.47. The second kappa shape index (κ2) is 8.39. The monoisotopic (exact) mass is 427 g/mol. The van der Waals surface area contributed by atoms with Crippen LogP contribution in [0.15, 0.2) is 34.1 Å². The van der Waals surface area contributed by atoms with Crippen LogP contribution in [0.3, 0.4) is 0 Å². The number of sulfonamides is 1. The maximum absolute atomic E-state index is 12.4. The first-order chi connectivity index (χ1) is 12.9. The third-order valence-corrected chi connectivity index (χ3v) is 6.27. The molecule has 0 saturated carbocycles. The Morgan fingerprint density at radius 2 is 2.04 bits per heavy atom. The normalized spacial score (nSPS) is 12.8. The number of carbonyl (C=O) groups is 1. The maximum Gasteiger partial charge on any atom is 0.273 e. The number of amides is 1. The predicted octanol–water partition coefficient (Wildman–Crippen LogP) is 1.11. The van der Waals surface area contributed by atoms with E-state index in [4.69, 9.17) is 17.3 Å². The molecule has 3 N–H and O–H groups in total. The molecule has 1 aromatic heterocycles. The van der Waals surface area contributed by atoms with Gasteiger partial charge in [-0.15, -0.1) is 0 Å². The SMILES string of the molecule is Cc1ccc(NC(=O)Cn2ncc(Cl)c(C(C)N)c2=O)cc1S(=O)(=O)N(C)C. The molecule has 11 heteroatoms. The summed E-state index contributed by atoms with van der Waals surface area (Å²) in [5.74, 6) is -0.551. The lowest BCUT2D eigenvalue weighted by molar-refractivity contribution is -0.117. The standard InChI is InChI=1S/C17H22ClN5O4S/c1-10-5-6-12(7-14(10)28(26,27)22(3)4)21-15(24)9-23-17(25)16(11(2)19)13(18)8-20-23/h5-8,11H,9,19H2,1-4H3,(H,21,24). The zero-order valence-corrected chi connectivity index (χ0v) is 17.5. The van der Waals surface area contributed by atoms with Crippen molar-refractivity contribution in [1.82, 2.24) is 14.1 Å². The van der Waals surface area contributed by atoms with Gasteiger partial charge in [0.05, 0.1) is 21.7 Å². The Labute approximate surface area is 168 Å². The summed E-state index contributed by atoms with van der Waals surface area (Å²) in [6.45, 7) is 2.89. The molecule has 9 nitrogen and oxygen atoms in total. The molecule has 0 fully saturated rings.